The maximum Gasteiger partial charge on any atom is 0.0890 e. The molecular weight excluding hydrogens is 327 g/mol. The van der Waals surface area contributed by atoms with E-state index in [4.69, 9.17) is 5.73 Å². The zero-order valence-corrected chi connectivity index (χ0v) is 11.1. The van der Waals surface area contributed by atoms with E-state index in [9.17, 15) is 0 Å². The number of hydrogen-bond acceptors (Lipinski definition) is 4. The van der Waals surface area contributed by atoms with E-state index in [1.807, 2.05) is 30.3 Å². The quantitative estimate of drug-likeness (QED) is 0.511. The molecule has 5 heteroatoms. The van der Waals surface area contributed by atoms with Crippen molar-refractivity contribution in [1.29, 1.82) is 0 Å². The summed E-state index contributed by atoms with van der Waals surface area (Å²) in [5, 5.41) is 3.27. The molecule has 0 atom stereocenters. The molecule has 4 nitrogen and oxygen atoms in total. The first-order chi connectivity index (χ1) is 8.29. The van der Waals surface area contributed by atoms with Gasteiger partial charge in [0.25, 0.3) is 0 Å². The minimum atomic E-state index is 0.697. The number of nitrogens with zero attached hydrogens (tertiary/aromatic N) is 2. The van der Waals surface area contributed by atoms with Gasteiger partial charge in [-0.3, -0.25) is 4.98 Å². The van der Waals surface area contributed by atoms with Gasteiger partial charge in [0.05, 0.1) is 15.6 Å². The van der Waals surface area contributed by atoms with E-state index in [0.29, 0.717) is 5.69 Å². The molecule has 0 bridgehead atoms. The number of aliphatic imine (C=N–C) groups is 1. The lowest BCUT2D eigenvalue weighted by Crippen LogP contribution is -1.92. The van der Waals surface area contributed by atoms with Gasteiger partial charge >= 0.3 is 0 Å². The van der Waals surface area contributed by atoms with Gasteiger partial charge in [-0.1, -0.05) is 0 Å². The lowest BCUT2D eigenvalue weighted by atomic mass is 10.2. The standard InChI is InChI=1S/C12H11IN4/c13-8-16-12-7-9(14)1-2-11(12)17-10-3-5-15-6-4-10/h1-8H,14H2,(H,15,17). The van der Waals surface area contributed by atoms with E-state index in [1.54, 1.807) is 16.6 Å². The second-order valence-corrected chi connectivity index (χ2v) is 3.92. The van der Waals surface area contributed by atoms with Crippen LogP contribution in [0.1, 0.15) is 0 Å². The molecule has 0 saturated carbocycles. The molecule has 3 N–H and O–H groups in total. The Hall–Kier alpha value is -1.63. The zero-order chi connectivity index (χ0) is 12.1. The summed E-state index contributed by atoms with van der Waals surface area (Å²) in [7, 11) is 0. The Morgan fingerprint density at radius 1 is 1.24 bits per heavy atom. The third-order valence-corrected chi connectivity index (χ3v) is 2.45. The predicted molar refractivity (Wildman–Crippen MR) is 80.5 cm³/mol. The van der Waals surface area contributed by atoms with E-state index in [2.05, 4.69) is 37.9 Å². The van der Waals surface area contributed by atoms with E-state index in [1.165, 1.54) is 0 Å². The SMILES string of the molecule is Nc1ccc(Nc2ccncc2)c(N=CI)c1. The number of rotatable bonds is 3. The minimum absolute atomic E-state index is 0.697. The van der Waals surface area contributed by atoms with Crippen LogP contribution in [-0.2, 0) is 0 Å². The molecule has 17 heavy (non-hydrogen) atoms. The third kappa shape index (κ3) is 3.16. The summed E-state index contributed by atoms with van der Waals surface area (Å²) < 4.78 is 1.71. The molecule has 1 aromatic heterocycles. The van der Waals surface area contributed by atoms with Crippen molar-refractivity contribution in [3.05, 3.63) is 42.7 Å². The topological polar surface area (TPSA) is 63.3 Å². The summed E-state index contributed by atoms with van der Waals surface area (Å²) in [5.74, 6) is 0. The Kier molecular flexibility index (Phi) is 3.92. The first-order valence-electron chi connectivity index (χ1n) is 4.99. The van der Waals surface area contributed by atoms with Crippen molar-refractivity contribution in [2.24, 2.45) is 4.99 Å². The Balaban J connectivity index is 2.32. The number of nitrogens with one attached hydrogen (secondary N) is 1. The predicted octanol–water partition coefficient (Wildman–Crippen LogP) is 3.50. The van der Waals surface area contributed by atoms with Gasteiger partial charge in [-0.25, -0.2) is 4.99 Å². The molecule has 0 amide bonds. The number of anilines is 3. The van der Waals surface area contributed by atoms with Crippen LogP contribution < -0.4 is 11.1 Å². The molecule has 0 spiro atoms. The first kappa shape index (κ1) is 11.8. The number of nitrogen functional groups attached to an aromatic ring is 1. The second kappa shape index (κ2) is 5.62. The molecular formula is C12H11IN4. The number of pyridine rings is 1. The Morgan fingerprint density at radius 3 is 2.71 bits per heavy atom. The molecule has 0 aliphatic heterocycles. The summed E-state index contributed by atoms with van der Waals surface area (Å²) in [6.07, 6.45) is 3.47. The average Bonchev–Trinajstić information content (AvgIpc) is 2.34. The summed E-state index contributed by atoms with van der Waals surface area (Å²) in [5.41, 5.74) is 9.13. The largest absolute Gasteiger partial charge is 0.399 e. The molecule has 0 aliphatic rings. The van der Waals surface area contributed by atoms with Crippen LogP contribution in [0.2, 0.25) is 0 Å². The summed E-state index contributed by atoms with van der Waals surface area (Å²) in [6.45, 7) is 0. The fourth-order valence-corrected chi connectivity index (χ4v) is 1.70. The van der Waals surface area contributed by atoms with E-state index in [0.717, 1.165) is 17.1 Å². The zero-order valence-electron chi connectivity index (χ0n) is 8.97. The highest BCUT2D eigenvalue weighted by molar-refractivity contribution is 14.1. The monoisotopic (exact) mass is 338 g/mol. The smallest absolute Gasteiger partial charge is 0.0890 e. The van der Waals surface area contributed by atoms with Crippen molar-refractivity contribution in [3.63, 3.8) is 0 Å². The van der Waals surface area contributed by atoms with Gasteiger partial charge in [0.15, 0.2) is 0 Å². The highest BCUT2D eigenvalue weighted by atomic mass is 127. The highest BCUT2D eigenvalue weighted by Crippen LogP contribution is 2.29. The normalized spacial score (nSPS) is 10.6. The van der Waals surface area contributed by atoms with E-state index < -0.39 is 0 Å². The van der Waals surface area contributed by atoms with Crippen LogP contribution in [-0.4, -0.2) is 9.21 Å². The molecule has 0 saturated heterocycles. The number of nitrogens with two attached hydrogens (primary N) is 1. The Labute approximate surface area is 113 Å². The summed E-state index contributed by atoms with van der Waals surface area (Å²) in [6, 6.07) is 9.38. The number of aromatic nitrogens is 1. The fourth-order valence-electron chi connectivity index (χ4n) is 1.40. The molecule has 0 aliphatic carbocycles. The molecule has 0 fully saturated rings. The number of hydrogen-bond donors (Lipinski definition) is 2. The van der Waals surface area contributed by atoms with Crippen molar-refractivity contribution < 1.29 is 0 Å². The molecule has 86 valence electrons. The first-order valence-corrected chi connectivity index (χ1v) is 6.23. The average molecular weight is 338 g/mol. The van der Waals surface area contributed by atoms with Gasteiger partial charge in [-0.2, -0.15) is 0 Å². The Morgan fingerprint density at radius 2 is 2.00 bits per heavy atom. The molecule has 1 heterocycles. The van der Waals surface area contributed by atoms with Crippen LogP contribution in [0.4, 0.5) is 22.7 Å². The second-order valence-electron chi connectivity index (χ2n) is 3.36. The molecule has 2 rings (SSSR count). The van der Waals surface area contributed by atoms with Crippen LogP contribution in [0.3, 0.4) is 0 Å². The molecule has 1 aromatic carbocycles. The molecule has 0 radical (unpaired) electrons. The van der Waals surface area contributed by atoms with Crippen LogP contribution >= 0.6 is 22.6 Å². The van der Waals surface area contributed by atoms with Crippen LogP contribution in [0.15, 0.2) is 47.7 Å². The number of benzene rings is 1. The van der Waals surface area contributed by atoms with Crippen molar-refractivity contribution in [2.75, 3.05) is 11.1 Å². The summed E-state index contributed by atoms with van der Waals surface area (Å²) in [4.78, 5) is 8.24. The van der Waals surface area contributed by atoms with Gasteiger partial charge in [0.1, 0.15) is 0 Å². The van der Waals surface area contributed by atoms with Gasteiger partial charge < -0.3 is 11.1 Å². The Bertz CT molecular complexity index is 525. The van der Waals surface area contributed by atoms with Crippen molar-refractivity contribution in [3.8, 4) is 0 Å². The third-order valence-electron chi connectivity index (χ3n) is 2.17. The molecule has 2 aromatic rings. The lowest BCUT2D eigenvalue weighted by Gasteiger charge is -2.09. The van der Waals surface area contributed by atoms with Crippen LogP contribution in [0, 0.1) is 0 Å². The van der Waals surface area contributed by atoms with Crippen molar-refractivity contribution >= 4 is 49.6 Å². The van der Waals surface area contributed by atoms with Gasteiger partial charge in [0.2, 0.25) is 0 Å². The minimum Gasteiger partial charge on any atom is -0.399 e. The van der Waals surface area contributed by atoms with Gasteiger partial charge in [-0.15, -0.1) is 0 Å². The maximum absolute atomic E-state index is 5.74. The highest BCUT2D eigenvalue weighted by Gasteiger charge is 2.01. The van der Waals surface area contributed by atoms with Crippen molar-refractivity contribution in [2.45, 2.75) is 0 Å². The maximum atomic E-state index is 5.74. The van der Waals surface area contributed by atoms with Crippen molar-refractivity contribution in [1.82, 2.24) is 4.98 Å². The van der Waals surface area contributed by atoms with Crippen LogP contribution in [0.5, 0.6) is 0 Å². The lowest BCUT2D eigenvalue weighted by molar-refractivity contribution is 1.32. The van der Waals surface area contributed by atoms with E-state index in [-0.39, 0.29) is 0 Å². The van der Waals surface area contributed by atoms with E-state index >= 15 is 0 Å². The van der Waals surface area contributed by atoms with Crippen LogP contribution in [0.25, 0.3) is 0 Å². The fraction of sp³-hybridized carbons (Fsp3) is 0. The van der Waals surface area contributed by atoms with Gasteiger partial charge in [-0.05, 0) is 52.9 Å². The summed E-state index contributed by atoms with van der Waals surface area (Å²) >= 11 is 2.08. The van der Waals surface area contributed by atoms with Gasteiger partial charge in [0, 0.05) is 23.8 Å². The number of halogens is 1. The molecule has 0 unspecified atom stereocenters.